The molecule has 0 N–H and O–H groups in total. The van der Waals surface area contributed by atoms with Crippen LogP contribution in [0, 0.1) is 5.92 Å². The van der Waals surface area contributed by atoms with E-state index in [1.165, 1.54) is 16.7 Å². The number of esters is 1. The van der Waals surface area contributed by atoms with Gasteiger partial charge in [-0.25, -0.2) is 0 Å². The first-order chi connectivity index (χ1) is 16.2. The van der Waals surface area contributed by atoms with E-state index in [1.54, 1.807) is 0 Å². The Morgan fingerprint density at radius 3 is 2.52 bits per heavy atom. The van der Waals surface area contributed by atoms with Crippen LogP contribution in [0.2, 0.25) is 0 Å². The number of benzene rings is 3. The first-order valence-electron chi connectivity index (χ1n) is 11.4. The minimum absolute atomic E-state index is 0.0472. The summed E-state index contributed by atoms with van der Waals surface area (Å²) in [7, 11) is 0. The van der Waals surface area contributed by atoms with Crippen molar-refractivity contribution in [3.8, 4) is 0 Å². The van der Waals surface area contributed by atoms with Crippen molar-refractivity contribution in [1.29, 1.82) is 0 Å². The molecule has 3 aromatic carbocycles. The van der Waals surface area contributed by atoms with Crippen molar-refractivity contribution in [2.45, 2.75) is 37.9 Å². The van der Waals surface area contributed by atoms with Gasteiger partial charge in [0, 0.05) is 35.1 Å². The molecular formula is C27H26N4O2. The Kier molecular flexibility index (Phi) is 5.86. The summed E-state index contributed by atoms with van der Waals surface area (Å²) in [5.74, 6) is -0.474. The molecule has 6 nitrogen and oxygen atoms in total. The molecule has 5 rings (SSSR count). The Balaban J connectivity index is 1.64. The van der Waals surface area contributed by atoms with Crippen molar-refractivity contribution in [2.75, 3.05) is 6.61 Å². The fourth-order valence-corrected chi connectivity index (χ4v) is 5.66. The summed E-state index contributed by atoms with van der Waals surface area (Å²) in [6, 6.07) is 26.7. The van der Waals surface area contributed by atoms with E-state index in [1.807, 2.05) is 37.3 Å². The third kappa shape index (κ3) is 3.88. The molecule has 2 aliphatic heterocycles. The van der Waals surface area contributed by atoms with Gasteiger partial charge in [0.1, 0.15) is 0 Å². The summed E-state index contributed by atoms with van der Waals surface area (Å²) in [4.78, 5) is 18.8. The maximum Gasteiger partial charge on any atom is 0.311 e. The molecule has 4 unspecified atom stereocenters. The van der Waals surface area contributed by atoms with Crippen molar-refractivity contribution in [2.24, 2.45) is 11.0 Å². The number of hydrogen-bond acceptors (Lipinski definition) is 4. The zero-order valence-corrected chi connectivity index (χ0v) is 18.5. The van der Waals surface area contributed by atoms with Gasteiger partial charge in [0.2, 0.25) is 0 Å². The van der Waals surface area contributed by atoms with Crippen molar-refractivity contribution in [1.82, 2.24) is 4.90 Å². The maximum absolute atomic E-state index is 13.4. The van der Waals surface area contributed by atoms with Crippen LogP contribution in [0.25, 0.3) is 10.4 Å². The van der Waals surface area contributed by atoms with Crippen LogP contribution in [0.15, 0.2) is 84.0 Å². The zero-order valence-electron chi connectivity index (χ0n) is 18.5. The van der Waals surface area contributed by atoms with Crippen LogP contribution in [0.5, 0.6) is 0 Å². The second-order valence-electron chi connectivity index (χ2n) is 8.66. The van der Waals surface area contributed by atoms with Crippen molar-refractivity contribution >= 4 is 11.7 Å². The molecule has 0 amide bonds. The number of azide groups is 1. The lowest BCUT2D eigenvalue weighted by Gasteiger charge is -2.37. The molecule has 0 radical (unpaired) electrons. The van der Waals surface area contributed by atoms with Gasteiger partial charge in [0.05, 0.1) is 12.5 Å². The van der Waals surface area contributed by atoms with Crippen LogP contribution in [-0.4, -0.2) is 23.5 Å². The highest BCUT2D eigenvalue weighted by atomic mass is 16.5. The molecule has 33 heavy (non-hydrogen) atoms. The van der Waals surface area contributed by atoms with E-state index in [9.17, 15) is 4.79 Å². The first kappa shape index (κ1) is 21.3. The van der Waals surface area contributed by atoms with E-state index in [4.69, 9.17) is 10.3 Å². The predicted octanol–water partition coefficient (Wildman–Crippen LogP) is 6.07. The number of carbonyl (C=O) groups excluding carboxylic acids is 1. The molecular weight excluding hydrogens is 412 g/mol. The highest BCUT2D eigenvalue weighted by molar-refractivity contribution is 5.76. The summed E-state index contributed by atoms with van der Waals surface area (Å²) in [5, 5.41) is 3.71. The monoisotopic (exact) mass is 438 g/mol. The Bertz CT molecular complexity index is 1190. The van der Waals surface area contributed by atoms with Gasteiger partial charge in [-0.15, -0.1) is 0 Å². The molecule has 0 spiro atoms. The average molecular weight is 439 g/mol. The Labute approximate surface area is 193 Å². The minimum Gasteiger partial charge on any atom is -0.466 e. The molecule has 0 aromatic heterocycles. The van der Waals surface area contributed by atoms with E-state index in [-0.39, 0.29) is 29.9 Å². The summed E-state index contributed by atoms with van der Waals surface area (Å²) >= 11 is 0. The third-order valence-corrected chi connectivity index (χ3v) is 6.93. The van der Waals surface area contributed by atoms with E-state index in [2.05, 4.69) is 63.5 Å². The number of rotatable bonds is 6. The first-order valence-corrected chi connectivity index (χ1v) is 11.4. The molecule has 3 aromatic rings. The smallest absolute Gasteiger partial charge is 0.311 e. The third-order valence-electron chi connectivity index (χ3n) is 6.93. The molecule has 6 heteroatoms. The van der Waals surface area contributed by atoms with E-state index in [0.717, 1.165) is 18.5 Å². The van der Waals surface area contributed by atoms with Gasteiger partial charge >= 0.3 is 5.97 Å². The highest BCUT2D eigenvalue weighted by Gasteiger charge is 2.56. The number of nitrogens with zero attached hydrogens (tertiary/aromatic N) is 4. The second kappa shape index (κ2) is 9.10. The minimum atomic E-state index is -0.281. The molecule has 2 aliphatic rings. The van der Waals surface area contributed by atoms with Crippen LogP contribution in [0.1, 0.15) is 41.1 Å². The molecule has 1 saturated heterocycles. The Morgan fingerprint density at radius 2 is 1.79 bits per heavy atom. The quantitative estimate of drug-likeness (QED) is 0.203. The lowest BCUT2D eigenvalue weighted by Crippen LogP contribution is -2.41. The molecule has 4 atom stereocenters. The fourth-order valence-electron chi connectivity index (χ4n) is 5.66. The van der Waals surface area contributed by atoms with Crippen molar-refractivity contribution in [3.05, 3.63) is 112 Å². The van der Waals surface area contributed by atoms with Gasteiger partial charge in [-0.1, -0.05) is 84.0 Å². The lowest BCUT2D eigenvalue weighted by molar-refractivity contribution is -0.149. The van der Waals surface area contributed by atoms with Crippen LogP contribution in [-0.2, 0) is 22.5 Å². The largest absolute Gasteiger partial charge is 0.466 e. The second-order valence-corrected chi connectivity index (χ2v) is 8.66. The normalized spacial score (nSPS) is 23.4. The summed E-state index contributed by atoms with van der Waals surface area (Å²) < 4.78 is 5.61. The van der Waals surface area contributed by atoms with Gasteiger partial charge in [-0.05, 0) is 41.1 Å². The highest BCUT2D eigenvalue weighted by Crippen LogP contribution is 2.56. The zero-order chi connectivity index (χ0) is 22.8. The van der Waals surface area contributed by atoms with Gasteiger partial charge in [-0.3, -0.25) is 9.69 Å². The van der Waals surface area contributed by atoms with Gasteiger partial charge < -0.3 is 4.74 Å². The molecule has 2 heterocycles. The van der Waals surface area contributed by atoms with Gasteiger partial charge in [0.25, 0.3) is 0 Å². The van der Waals surface area contributed by atoms with E-state index < -0.39 is 0 Å². The van der Waals surface area contributed by atoms with Crippen LogP contribution < -0.4 is 0 Å². The lowest BCUT2D eigenvalue weighted by atomic mass is 9.81. The summed E-state index contributed by atoms with van der Waals surface area (Å²) in [6.45, 7) is 2.99. The predicted molar refractivity (Wildman–Crippen MR) is 127 cm³/mol. The van der Waals surface area contributed by atoms with Gasteiger partial charge in [-0.2, -0.15) is 0 Å². The van der Waals surface area contributed by atoms with Gasteiger partial charge in [0.15, 0.2) is 0 Å². The fraction of sp³-hybridized carbons (Fsp3) is 0.296. The van der Waals surface area contributed by atoms with Crippen molar-refractivity contribution < 1.29 is 9.53 Å². The number of hydrogen-bond donors (Lipinski definition) is 0. The van der Waals surface area contributed by atoms with E-state index >= 15 is 0 Å². The van der Waals surface area contributed by atoms with Crippen LogP contribution in [0.3, 0.4) is 0 Å². The molecule has 0 aliphatic carbocycles. The summed E-state index contributed by atoms with van der Waals surface area (Å²) in [5.41, 5.74) is 14.2. The molecule has 166 valence electrons. The molecule has 2 bridgehead atoms. The van der Waals surface area contributed by atoms with E-state index in [0.29, 0.717) is 12.3 Å². The average Bonchev–Trinajstić information content (AvgIpc) is 3.05. The van der Waals surface area contributed by atoms with Crippen LogP contribution >= 0.6 is 0 Å². The number of ether oxygens (including phenoxy) is 1. The molecule has 0 saturated carbocycles. The summed E-state index contributed by atoms with van der Waals surface area (Å²) in [6.07, 6.45) is 0.816. The Morgan fingerprint density at radius 1 is 1.06 bits per heavy atom. The maximum atomic E-state index is 13.4. The van der Waals surface area contributed by atoms with Crippen LogP contribution in [0.4, 0.5) is 5.69 Å². The topological polar surface area (TPSA) is 78.3 Å². The SMILES string of the molecule is CCOC(=O)C1C(c2ccc(N=[N+]=[N-])cc2)C2c3ccccc3CC1N2Cc1ccccc1. The number of carbonyl (C=O) groups is 1. The van der Waals surface area contributed by atoms with Crippen molar-refractivity contribution in [3.63, 3.8) is 0 Å². The number of fused-ring (bicyclic) bond motifs is 4. The molecule has 1 fully saturated rings. The standard InChI is InChI=1S/C27H26N4O2/c1-2-33-27(32)25-23-16-20-10-6-7-11-22(20)26(31(23)17-18-8-4-3-5-9-18)24(25)19-12-14-21(15-13-19)29-30-28/h3-15,23-26H,2,16-17H2,1H3. The Hall–Kier alpha value is -3.60.